The number of hydrogen-bond acceptors (Lipinski definition) is 6. The van der Waals surface area contributed by atoms with Crippen LogP contribution in [0, 0.1) is 0 Å². The largest absolute Gasteiger partial charge is 0.493 e. The van der Waals surface area contributed by atoms with Gasteiger partial charge in [0.15, 0.2) is 11.5 Å². The second-order valence-electron chi connectivity index (χ2n) is 7.39. The number of carbonyl (C=O) groups excluding carboxylic acids is 1. The maximum absolute atomic E-state index is 13.5. The molecule has 1 amide bonds. The molecule has 0 heterocycles. The van der Waals surface area contributed by atoms with Crippen LogP contribution < -0.4 is 19.1 Å². The fourth-order valence-electron chi connectivity index (χ4n) is 3.24. The van der Waals surface area contributed by atoms with E-state index in [2.05, 4.69) is 5.32 Å². The monoisotopic (exact) mass is 518 g/mol. The zero-order valence-electron chi connectivity index (χ0n) is 19.4. The molecule has 0 saturated heterocycles. The Balaban J connectivity index is 1.72. The summed E-state index contributed by atoms with van der Waals surface area (Å²) >= 11 is 5.98. The highest BCUT2D eigenvalue weighted by atomic mass is 35.5. The average molecular weight is 519 g/mol. The van der Waals surface area contributed by atoms with Crippen LogP contribution in [0.4, 0.5) is 5.69 Å². The average Bonchev–Trinajstić information content (AvgIpc) is 2.87. The summed E-state index contributed by atoms with van der Waals surface area (Å²) in [4.78, 5) is 12.6. The number of amides is 1. The number of methoxy groups -OCH3 is 2. The van der Waals surface area contributed by atoms with Crippen molar-refractivity contribution >= 4 is 33.2 Å². The van der Waals surface area contributed by atoms with Gasteiger partial charge >= 0.3 is 0 Å². The number of carbonyl (C=O) groups is 1. The lowest BCUT2D eigenvalue weighted by molar-refractivity contribution is -0.119. The van der Waals surface area contributed by atoms with Crippen molar-refractivity contribution in [2.75, 3.05) is 38.2 Å². The zero-order chi connectivity index (χ0) is 25.3. The molecule has 10 heteroatoms. The van der Waals surface area contributed by atoms with Crippen LogP contribution in [0.25, 0.3) is 0 Å². The van der Waals surface area contributed by atoms with Crippen LogP contribution in [0.3, 0.4) is 0 Å². The number of nitrogens with zero attached hydrogens (tertiary/aromatic N) is 1. The minimum atomic E-state index is -4.13. The van der Waals surface area contributed by atoms with E-state index in [1.807, 2.05) is 30.3 Å². The van der Waals surface area contributed by atoms with Crippen molar-refractivity contribution < 1.29 is 27.4 Å². The second-order valence-corrected chi connectivity index (χ2v) is 9.69. The van der Waals surface area contributed by atoms with Gasteiger partial charge in [0.25, 0.3) is 10.0 Å². The first-order valence-electron chi connectivity index (χ1n) is 10.7. The third-order valence-corrected chi connectivity index (χ3v) is 7.05. The molecule has 0 aliphatic heterocycles. The summed E-state index contributed by atoms with van der Waals surface area (Å²) in [5.41, 5.74) is 1.31. The summed E-state index contributed by atoms with van der Waals surface area (Å²) < 4.78 is 44.1. The van der Waals surface area contributed by atoms with Crippen molar-refractivity contribution in [1.29, 1.82) is 0 Å². The molecule has 0 bridgehead atoms. The van der Waals surface area contributed by atoms with E-state index in [0.717, 1.165) is 9.87 Å². The standard InChI is InChI=1S/C25H27ClN2O6S/c1-32-23-13-12-22(16-24(23)33-2)35(30,31)28(21-10-8-20(26)9-11-21)17-25(29)27-14-15-34-18-19-6-4-3-5-7-19/h3-13,16H,14-15,17-18H2,1-2H3,(H,27,29). The zero-order valence-corrected chi connectivity index (χ0v) is 21.0. The summed E-state index contributed by atoms with van der Waals surface area (Å²) in [6, 6.07) is 20.1. The highest BCUT2D eigenvalue weighted by Crippen LogP contribution is 2.32. The Morgan fingerprint density at radius 1 is 0.943 bits per heavy atom. The molecule has 0 radical (unpaired) electrons. The van der Waals surface area contributed by atoms with Gasteiger partial charge in [-0.05, 0) is 42.0 Å². The maximum atomic E-state index is 13.5. The lowest BCUT2D eigenvalue weighted by atomic mass is 10.2. The molecule has 1 N–H and O–H groups in total. The first-order valence-corrected chi connectivity index (χ1v) is 12.6. The lowest BCUT2D eigenvalue weighted by Crippen LogP contribution is -2.41. The number of rotatable bonds is 12. The molecule has 0 unspecified atom stereocenters. The van der Waals surface area contributed by atoms with Crippen molar-refractivity contribution in [3.8, 4) is 11.5 Å². The smallest absolute Gasteiger partial charge is 0.264 e. The first kappa shape index (κ1) is 26.3. The lowest BCUT2D eigenvalue weighted by Gasteiger charge is -2.24. The molecule has 8 nitrogen and oxygen atoms in total. The predicted octanol–water partition coefficient (Wildman–Crippen LogP) is 3.89. The fraction of sp³-hybridized carbons (Fsp3) is 0.240. The van der Waals surface area contributed by atoms with E-state index in [4.69, 9.17) is 25.8 Å². The minimum Gasteiger partial charge on any atom is -0.493 e. The third kappa shape index (κ3) is 7.11. The Labute approximate surface area is 210 Å². The molecule has 0 fully saturated rings. The van der Waals surface area contributed by atoms with E-state index in [0.29, 0.717) is 23.1 Å². The Morgan fingerprint density at radius 3 is 2.29 bits per heavy atom. The van der Waals surface area contributed by atoms with Crippen LogP contribution in [0.15, 0.2) is 77.7 Å². The predicted molar refractivity (Wildman–Crippen MR) is 135 cm³/mol. The van der Waals surface area contributed by atoms with Gasteiger partial charge < -0.3 is 19.5 Å². The molecule has 186 valence electrons. The van der Waals surface area contributed by atoms with Gasteiger partial charge in [0, 0.05) is 17.6 Å². The molecule has 35 heavy (non-hydrogen) atoms. The molecule has 0 atom stereocenters. The normalized spacial score (nSPS) is 11.1. The van der Waals surface area contributed by atoms with Crippen molar-refractivity contribution in [2.45, 2.75) is 11.5 Å². The van der Waals surface area contributed by atoms with Crippen LogP contribution >= 0.6 is 11.6 Å². The number of ether oxygens (including phenoxy) is 3. The Kier molecular flexibility index (Phi) is 9.36. The number of hydrogen-bond donors (Lipinski definition) is 1. The summed E-state index contributed by atoms with van der Waals surface area (Å²) in [5, 5.41) is 3.15. The van der Waals surface area contributed by atoms with E-state index < -0.39 is 22.5 Å². The summed E-state index contributed by atoms with van der Waals surface area (Å²) in [7, 11) is -1.25. The topological polar surface area (TPSA) is 94.2 Å². The van der Waals surface area contributed by atoms with Gasteiger partial charge in [-0.2, -0.15) is 0 Å². The molecular weight excluding hydrogens is 492 g/mol. The van der Waals surface area contributed by atoms with E-state index >= 15 is 0 Å². The Hall–Kier alpha value is -3.27. The van der Waals surface area contributed by atoms with E-state index in [1.54, 1.807) is 12.1 Å². The minimum absolute atomic E-state index is 0.0518. The van der Waals surface area contributed by atoms with E-state index in [1.165, 1.54) is 44.6 Å². The van der Waals surface area contributed by atoms with Gasteiger partial charge in [0.2, 0.25) is 5.91 Å². The first-order chi connectivity index (χ1) is 16.8. The second kappa shape index (κ2) is 12.4. The summed E-state index contributed by atoms with van der Waals surface area (Å²) in [5.74, 6) is 0.162. The molecule has 3 aromatic carbocycles. The van der Waals surface area contributed by atoms with Crippen molar-refractivity contribution in [3.05, 3.63) is 83.4 Å². The van der Waals surface area contributed by atoms with Gasteiger partial charge in [-0.1, -0.05) is 41.9 Å². The van der Waals surface area contributed by atoms with E-state index in [9.17, 15) is 13.2 Å². The van der Waals surface area contributed by atoms with Gasteiger partial charge in [0.1, 0.15) is 6.54 Å². The number of nitrogens with one attached hydrogen (secondary N) is 1. The Bertz CT molecular complexity index is 1220. The highest BCUT2D eigenvalue weighted by molar-refractivity contribution is 7.92. The number of halogens is 1. The van der Waals surface area contributed by atoms with Crippen LogP contribution in [0.2, 0.25) is 5.02 Å². The molecule has 0 aromatic heterocycles. The SMILES string of the molecule is COc1ccc(S(=O)(=O)N(CC(=O)NCCOCc2ccccc2)c2ccc(Cl)cc2)cc1OC. The fourth-order valence-corrected chi connectivity index (χ4v) is 4.80. The molecule has 0 aliphatic rings. The number of sulfonamides is 1. The van der Waals surface area contributed by atoms with Crippen LogP contribution in [0.1, 0.15) is 5.56 Å². The van der Waals surface area contributed by atoms with Crippen LogP contribution in [-0.2, 0) is 26.2 Å². The maximum Gasteiger partial charge on any atom is 0.264 e. The van der Waals surface area contributed by atoms with E-state index in [-0.39, 0.29) is 23.8 Å². The molecule has 0 saturated carbocycles. The van der Waals surface area contributed by atoms with Crippen molar-refractivity contribution in [1.82, 2.24) is 5.32 Å². The summed E-state index contributed by atoms with van der Waals surface area (Å²) in [6.07, 6.45) is 0. The highest BCUT2D eigenvalue weighted by Gasteiger charge is 2.28. The van der Waals surface area contributed by atoms with Crippen molar-refractivity contribution in [2.24, 2.45) is 0 Å². The number of benzene rings is 3. The molecule has 3 aromatic rings. The number of anilines is 1. The van der Waals surface area contributed by atoms with Gasteiger partial charge in [-0.25, -0.2) is 8.42 Å². The molecular formula is C25H27ClN2O6S. The molecule has 0 aliphatic carbocycles. The van der Waals surface area contributed by atoms with Gasteiger partial charge in [-0.15, -0.1) is 0 Å². The molecule has 3 rings (SSSR count). The van der Waals surface area contributed by atoms with Gasteiger partial charge in [0.05, 0.1) is 38.0 Å². The van der Waals surface area contributed by atoms with Crippen LogP contribution in [0.5, 0.6) is 11.5 Å². The Morgan fingerprint density at radius 2 is 1.63 bits per heavy atom. The summed E-state index contributed by atoms with van der Waals surface area (Å²) in [6.45, 7) is 0.499. The van der Waals surface area contributed by atoms with Gasteiger partial charge in [-0.3, -0.25) is 9.10 Å². The quantitative estimate of drug-likeness (QED) is 0.366. The molecule has 0 spiro atoms. The van der Waals surface area contributed by atoms with Crippen molar-refractivity contribution in [3.63, 3.8) is 0 Å². The third-order valence-electron chi connectivity index (χ3n) is 5.02. The van der Waals surface area contributed by atoms with Crippen LogP contribution in [-0.4, -0.2) is 48.2 Å².